The van der Waals surface area contributed by atoms with Crippen molar-refractivity contribution >= 4 is 5.69 Å². The molecule has 0 spiro atoms. The maximum absolute atomic E-state index is 10.9. The molecule has 1 aromatic rings. The lowest BCUT2D eigenvalue weighted by Gasteiger charge is -2.31. The van der Waals surface area contributed by atoms with Crippen molar-refractivity contribution in [1.82, 2.24) is 5.32 Å². The molecule has 0 heterocycles. The number of aryl methyl sites for hydroxylation is 1. The number of nitro benzene ring substituents is 1. The van der Waals surface area contributed by atoms with Crippen LogP contribution in [-0.4, -0.2) is 22.7 Å². The zero-order valence-corrected chi connectivity index (χ0v) is 12.6. The molecule has 0 bridgehead atoms. The second-order valence-electron chi connectivity index (χ2n) is 6.19. The van der Waals surface area contributed by atoms with Crippen molar-refractivity contribution in [3.8, 4) is 0 Å². The van der Waals surface area contributed by atoms with E-state index >= 15 is 0 Å². The highest BCUT2D eigenvalue weighted by atomic mass is 16.6. The quantitative estimate of drug-likeness (QED) is 0.620. The van der Waals surface area contributed by atoms with Crippen LogP contribution in [0.5, 0.6) is 0 Å². The molecular weight excluding hydrogens is 256 g/mol. The minimum atomic E-state index is -0.353. The highest BCUT2D eigenvalue weighted by molar-refractivity contribution is 5.42. The number of aliphatic hydroxyl groups is 1. The molecule has 0 radical (unpaired) electrons. The fourth-order valence-corrected chi connectivity index (χ4v) is 2.17. The van der Waals surface area contributed by atoms with Gasteiger partial charge in [-0.2, -0.15) is 0 Å². The molecule has 0 aliphatic heterocycles. The largest absolute Gasteiger partial charge is 0.396 e. The highest BCUT2D eigenvalue weighted by Gasteiger charge is 2.23. The van der Waals surface area contributed by atoms with Crippen LogP contribution < -0.4 is 5.32 Å². The van der Waals surface area contributed by atoms with E-state index in [-0.39, 0.29) is 28.7 Å². The lowest BCUT2D eigenvalue weighted by molar-refractivity contribution is -0.385. The second-order valence-corrected chi connectivity index (χ2v) is 6.19. The molecule has 5 nitrogen and oxygen atoms in total. The van der Waals surface area contributed by atoms with Crippen LogP contribution in [0.1, 0.15) is 38.3 Å². The number of hydrogen-bond acceptors (Lipinski definition) is 4. The average Bonchev–Trinajstić information content (AvgIpc) is 2.34. The van der Waals surface area contributed by atoms with Crippen molar-refractivity contribution in [3.63, 3.8) is 0 Å². The zero-order valence-electron chi connectivity index (χ0n) is 12.6. The first-order chi connectivity index (χ1) is 9.25. The third-order valence-corrected chi connectivity index (χ3v) is 3.49. The number of rotatable bonds is 6. The molecule has 0 aliphatic rings. The molecule has 0 aromatic heterocycles. The maximum atomic E-state index is 10.9. The number of nitrogens with zero attached hydrogens (tertiary/aromatic N) is 1. The lowest BCUT2D eigenvalue weighted by atomic mass is 9.85. The Hall–Kier alpha value is -1.46. The van der Waals surface area contributed by atoms with E-state index in [4.69, 9.17) is 5.11 Å². The van der Waals surface area contributed by atoms with Crippen molar-refractivity contribution < 1.29 is 10.0 Å². The van der Waals surface area contributed by atoms with Crippen LogP contribution in [0.25, 0.3) is 0 Å². The molecule has 0 aliphatic carbocycles. The van der Waals surface area contributed by atoms with Gasteiger partial charge in [0.2, 0.25) is 0 Å². The van der Waals surface area contributed by atoms with Gasteiger partial charge >= 0.3 is 0 Å². The van der Waals surface area contributed by atoms with Gasteiger partial charge in [0.15, 0.2) is 0 Å². The van der Waals surface area contributed by atoms with Crippen molar-refractivity contribution in [2.45, 2.75) is 46.7 Å². The number of nitrogens with one attached hydrogen (secondary N) is 1. The molecule has 20 heavy (non-hydrogen) atoms. The number of benzene rings is 1. The highest BCUT2D eigenvalue weighted by Crippen LogP contribution is 2.23. The zero-order chi connectivity index (χ0) is 15.3. The summed E-state index contributed by atoms with van der Waals surface area (Å²) in [6, 6.07) is 5.44. The van der Waals surface area contributed by atoms with Gasteiger partial charge in [-0.05, 0) is 24.3 Å². The van der Waals surface area contributed by atoms with Crippen molar-refractivity contribution in [3.05, 3.63) is 39.4 Å². The third-order valence-electron chi connectivity index (χ3n) is 3.49. The molecule has 1 unspecified atom stereocenters. The van der Waals surface area contributed by atoms with E-state index in [1.54, 1.807) is 19.1 Å². The summed E-state index contributed by atoms with van der Waals surface area (Å²) in [5, 5.41) is 23.4. The van der Waals surface area contributed by atoms with E-state index in [0.717, 1.165) is 5.56 Å². The lowest BCUT2D eigenvalue weighted by Crippen LogP contribution is -2.40. The van der Waals surface area contributed by atoms with Gasteiger partial charge in [-0.15, -0.1) is 0 Å². The van der Waals surface area contributed by atoms with E-state index < -0.39 is 0 Å². The second kappa shape index (κ2) is 6.81. The molecule has 5 heteroatoms. The predicted molar refractivity (Wildman–Crippen MR) is 79.6 cm³/mol. The number of aliphatic hydroxyl groups excluding tert-OH is 1. The summed E-state index contributed by atoms with van der Waals surface area (Å²) in [4.78, 5) is 10.6. The molecule has 1 aromatic carbocycles. The standard InChI is InChI=1S/C15H24N2O3/c1-11-5-6-12(9-13(11)17(19)20)10-16-14(7-8-18)15(2,3)4/h5-6,9,14,16,18H,7-8,10H2,1-4H3. The van der Waals surface area contributed by atoms with Crippen molar-refractivity contribution in [2.75, 3.05) is 6.61 Å². The first-order valence-corrected chi connectivity index (χ1v) is 6.84. The van der Waals surface area contributed by atoms with Crippen LogP contribution in [0.15, 0.2) is 18.2 Å². The minimum Gasteiger partial charge on any atom is -0.396 e. The van der Waals surface area contributed by atoms with E-state index in [1.807, 2.05) is 6.07 Å². The van der Waals surface area contributed by atoms with Gasteiger partial charge in [0.05, 0.1) is 4.92 Å². The van der Waals surface area contributed by atoms with Crippen LogP contribution in [0, 0.1) is 22.5 Å². The molecular formula is C15H24N2O3. The van der Waals surface area contributed by atoms with Gasteiger partial charge in [-0.3, -0.25) is 10.1 Å². The Morgan fingerprint density at radius 1 is 1.40 bits per heavy atom. The van der Waals surface area contributed by atoms with Gasteiger partial charge in [0.25, 0.3) is 5.69 Å². The molecule has 0 saturated heterocycles. The van der Waals surface area contributed by atoms with Gasteiger partial charge in [0, 0.05) is 30.8 Å². The summed E-state index contributed by atoms with van der Waals surface area (Å²) in [7, 11) is 0. The van der Waals surface area contributed by atoms with Gasteiger partial charge in [-0.25, -0.2) is 0 Å². The Morgan fingerprint density at radius 2 is 2.05 bits per heavy atom. The van der Waals surface area contributed by atoms with Crippen LogP contribution in [0.4, 0.5) is 5.69 Å². The van der Waals surface area contributed by atoms with E-state index in [9.17, 15) is 10.1 Å². The minimum absolute atomic E-state index is 0.0271. The first kappa shape index (κ1) is 16.6. The molecule has 1 atom stereocenters. The Balaban J connectivity index is 2.78. The summed E-state index contributed by atoms with van der Waals surface area (Å²) < 4.78 is 0. The summed E-state index contributed by atoms with van der Waals surface area (Å²) in [5.41, 5.74) is 1.73. The summed E-state index contributed by atoms with van der Waals surface area (Å²) in [6.07, 6.45) is 0.664. The summed E-state index contributed by atoms with van der Waals surface area (Å²) >= 11 is 0. The van der Waals surface area contributed by atoms with Gasteiger partial charge in [-0.1, -0.05) is 32.9 Å². The molecule has 1 rings (SSSR count). The monoisotopic (exact) mass is 280 g/mol. The van der Waals surface area contributed by atoms with Crippen LogP contribution in [0.2, 0.25) is 0 Å². The summed E-state index contributed by atoms with van der Waals surface area (Å²) in [6.45, 7) is 8.75. The van der Waals surface area contributed by atoms with E-state index in [0.29, 0.717) is 18.5 Å². The Morgan fingerprint density at radius 3 is 2.55 bits per heavy atom. The topological polar surface area (TPSA) is 75.4 Å². The SMILES string of the molecule is Cc1ccc(CNC(CCO)C(C)(C)C)cc1[N+](=O)[O-]. The van der Waals surface area contributed by atoms with Crippen LogP contribution >= 0.6 is 0 Å². The fraction of sp³-hybridized carbons (Fsp3) is 0.600. The maximum Gasteiger partial charge on any atom is 0.272 e. The smallest absolute Gasteiger partial charge is 0.272 e. The Labute approximate surface area is 120 Å². The molecule has 2 N–H and O–H groups in total. The third kappa shape index (κ3) is 4.58. The van der Waals surface area contributed by atoms with Crippen molar-refractivity contribution in [1.29, 1.82) is 0 Å². The molecule has 0 amide bonds. The van der Waals surface area contributed by atoms with E-state index in [1.165, 1.54) is 0 Å². The first-order valence-electron chi connectivity index (χ1n) is 6.84. The normalized spacial score (nSPS) is 13.2. The van der Waals surface area contributed by atoms with Crippen LogP contribution in [0.3, 0.4) is 0 Å². The van der Waals surface area contributed by atoms with Gasteiger partial charge < -0.3 is 10.4 Å². The predicted octanol–water partition coefficient (Wildman–Crippen LogP) is 2.79. The fourth-order valence-electron chi connectivity index (χ4n) is 2.17. The average molecular weight is 280 g/mol. The Bertz CT molecular complexity index is 467. The van der Waals surface area contributed by atoms with Gasteiger partial charge in [0.1, 0.15) is 0 Å². The molecule has 0 fully saturated rings. The Kier molecular flexibility index (Phi) is 5.65. The molecule has 0 saturated carbocycles. The molecule has 112 valence electrons. The van der Waals surface area contributed by atoms with Crippen molar-refractivity contribution in [2.24, 2.45) is 5.41 Å². The summed E-state index contributed by atoms with van der Waals surface area (Å²) in [5.74, 6) is 0. The van der Waals surface area contributed by atoms with Crippen LogP contribution in [-0.2, 0) is 6.54 Å². The number of hydrogen-bond donors (Lipinski definition) is 2. The van der Waals surface area contributed by atoms with E-state index in [2.05, 4.69) is 26.1 Å². The number of nitro groups is 1.